The van der Waals surface area contributed by atoms with Gasteiger partial charge in [-0.3, -0.25) is 4.90 Å². The number of fused-ring (bicyclic) bond motifs is 2. The Hall–Kier alpha value is -0.120. The zero-order chi connectivity index (χ0) is 12.4. The minimum atomic E-state index is 0.462. The van der Waals surface area contributed by atoms with Crippen molar-refractivity contribution in [1.29, 1.82) is 0 Å². The molecule has 3 nitrogen and oxygen atoms in total. The van der Waals surface area contributed by atoms with Crippen LogP contribution in [0.1, 0.15) is 46.0 Å². The second-order valence-electron chi connectivity index (χ2n) is 6.28. The van der Waals surface area contributed by atoms with E-state index < -0.39 is 0 Å². The molecular weight excluding hydrogens is 210 g/mol. The summed E-state index contributed by atoms with van der Waals surface area (Å²) in [6.07, 6.45) is 6.60. The summed E-state index contributed by atoms with van der Waals surface area (Å²) in [5.74, 6) is 0. The molecule has 0 amide bonds. The van der Waals surface area contributed by atoms with E-state index in [0.29, 0.717) is 12.1 Å². The van der Waals surface area contributed by atoms with Crippen LogP contribution in [-0.4, -0.2) is 54.1 Å². The number of hydrogen-bond acceptors (Lipinski definition) is 3. The second-order valence-corrected chi connectivity index (χ2v) is 6.28. The molecule has 17 heavy (non-hydrogen) atoms. The number of rotatable bonds is 4. The van der Waals surface area contributed by atoms with Crippen LogP contribution >= 0.6 is 0 Å². The minimum absolute atomic E-state index is 0.462. The van der Waals surface area contributed by atoms with Gasteiger partial charge in [-0.15, -0.1) is 0 Å². The summed E-state index contributed by atoms with van der Waals surface area (Å²) in [5.41, 5.74) is 6.15. The minimum Gasteiger partial charge on any atom is -0.328 e. The van der Waals surface area contributed by atoms with E-state index >= 15 is 0 Å². The Morgan fingerprint density at radius 2 is 1.82 bits per heavy atom. The van der Waals surface area contributed by atoms with Gasteiger partial charge < -0.3 is 10.6 Å². The zero-order valence-corrected chi connectivity index (χ0v) is 11.7. The predicted octanol–water partition coefficient (Wildman–Crippen LogP) is 1.67. The highest BCUT2D eigenvalue weighted by Crippen LogP contribution is 2.33. The molecule has 3 heteroatoms. The van der Waals surface area contributed by atoms with E-state index in [1.807, 2.05) is 0 Å². The number of nitrogens with two attached hydrogens (primary N) is 1. The highest BCUT2D eigenvalue weighted by atomic mass is 15.2. The Balaban J connectivity index is 1.87. The second kappa shape index (κ2) is 5.68. The van der Waals surface area contributed by atoms with Crippen LogP contribution in [0.3, 0.4) is 0 Å². The molecule has 2 rings (SSSR count). The lowest BCUT2D eigenvalue weighted by molar-refractivity contribution is 0.0235. The van der Waals surface area contributed by atoms with Gasteiger partial charge in [-0.2, -0.15) is 0 Å². The van der Waals surface area contributed by atoms with Crippen LogP contribution in [0.4, 0.5) is 0 Å². The molecule has 2 heterocycles. The molecule has 2 aliphatic rings. The predicted molar refractivity (Wildman–Crippen MR) is 73.1 cm³/mol. The molecule has 0 saturated carbocycles. The molecule has 2 aliphatic heterocycles. The van der Waals surface area contributed by atoms with Crippen molar-refractivity contribution in [3.05, 3.63) is 0 Å². The molecule has 0 radical (unpaired) electrons. The third-order valence-corrected chi connectivity index (χ3v) is 4.75. The summed E-state index contributed by atoms with van der Waals surface area (Å²) in [5, 5.41) is 0. The van der Waals surface area contributed by atoms with Gasteiger partial charge in [0.2, 0.25) is 0 Å². The topological polar surface area (TPSA) is 32.5 Å². The third-order valence-electron chi connectivity index (χ3n) is 4.75. The van der Waals surface area contributed by atoms with Crippen molar-refractivity contribution in [3.63, 3.8) is 0 Å². The summed E-state index contributed by atoms with van der Waals surface area (Å²) < 4.78 is 0. The monoisotopic (exact) mass is 239 g/mol. The van der Waals surface area contributed by atoms with Gasteiger partial charge in [0.1, 0.15) is 0 Å². The highest BCUT2D eigenvalue weighted by Gasteiger charge is 2.36. The fraction of sp³-hybridized carbons (Fsp3) is 1.00. The van der Waals surface area contributed by atoms with Crippen LogP contribution in [0.5, 0.6) is 0 Å². The van der Waals surface area contributed by atoms with E-state index in [1.165, 1.54) is 45.2 Å². The van der Waals surface area contributed by atoms with Crippen LogP contribution in [-0.2, 0) is 0 Å². The maximum atomic E-state index is 6.15. The van der Waals surface area contributed by atoms with Crippen molar-refractivity contribution < 1.29 is 0 Å². The largest absolute Gasteiger partial charge is 0.328 e. The lowest BCUT2D eigenvalue weighted by Crippen LogP contribution is -2.56. The van der Waals surface area contributed by atoms with Crippen molar-refractivity contribution in [2.75, 3.05) is 20.1 Å². The van der Waals surface area contributed by atoms with Crippen molar-refractivity contribution in [3.8, 4) is 0 Å². The molecule has 0 aliphatic carbocycles. The molecule has 2 fully saturated rings. The molecule has 0 aromatic carbocycles. The number of hydrogen-bond donors (Lipinski definition) is 1. The van der Waals surface area contributed by atoms with Gasteiger partial charge in [0.15, 0.2) is 0 Å². The van der Waals surface area contributed by atoms with Gasteiger partial charge in [-0.1, -0.05) is 6.42 Å². The van der Waals surface area contributed by atoms with Crippen LogP contribution in [0.15, 0.2) is 0 Å². The molecule has 2 N–H and O–H groups in total. The normalized spacial score (nSPS) is 34.6. The average Bonchev–Trinajstić information content (AvgIpc) is 2.25. The molecule has 0 aromatic heterocycles. The first-order valence-electron chi connectivity index (χ1n) is 7.29. The maximum Gasteiger partial charge on any atom is 0.0115 e. The highest BCUT2D eigenvalue weighted by molar-refractivity contribution is 4.94. The lowest BCUT2D eigenvalue weighted by atomic mass is 9.82. The van der Waals surface area contributed by atoms with Crippen molar-refractivity contribution in [1.82, 2.24) is 9.80 Å². The van der Waals surface area contributed by atoms with E-state index in [9.17, 15) is 0 Å². The van der Waals surface area contributed by atoms with Gasteiger partial charge >= 0.3 is 0 Å². The van der Waals surface area contributed by atoms with Crippen molar-refractivity contribution >= 4 is 0 Å². The third kappa shape index (κ3) is 3.21. The van der Waals surface area contributed by atoms with Gasteiger partial charge in [0.25, 0.3) is 0 Å². The average molecular weight is 239 g/mol. The van der Waals surface area contributed by atoms with E-state index in [4.69, 9.17) is 5.73 Å². The summed E-state index contributed by atoms with van der Waals surface area (Å²) in [7, 11) is 2.23. The first kappa shape index (κ1) is 13.3. The lowest BCUT2D eigenvalue weighted by Gasteiger charge is -2.48. The van der Waals surface area contributed by atoms with Crippen LogP contribution in [0.25, 0.3) is 0 Å². The molecule has 2 unspecified atom stereocenters. The summed E-state index contributed by atoms with van der Waals surface area (Å²) >= 11 is 0. The maximum absolute atomic E-state index is 6.15. The molecule has 0 spiro atoms. The van der Waals surface area contributed by atoms with E-state index in [0.717, 1.165) is 12.1 Å². The van der Waals surface area contributed by atoms with Gasteiger partial charge in [-0.05, 0) is 46.6 Å². The molecule has 2 atom stereocenters. The van der Waals surface area contributed by atoms with E-state index in [-0.39, 0.29) is 0 Å². The zero-order valence-electron chi connectivity index (χ0n) is 11.7. The Bertz CT molecular complexity index is 228. The number of piperidine rings is 2. The van der Waals surface area contributed by atoms with Crippen molar-refractivity contribution in [2.45, 2.75) is 70.1 Å². The Kier molecular flexibility index (Phi) is 4.45. The summed E-state index contributed by atoms with van der Waals surface area (Å²) in [4.78, 5) is 5.20. The standard InChI is InChI=1S/C14H29N3/c1-11(2)16(3)7-8-17-13-5-4-6-14(17)10-12(15)9-13/h11-14H,4-10,15H2,1-3H3. The van der Waals surface area contributed by atoms with Gasteiger partial charge in [-0.25, -0.2) is 0 Å². The smallest absolute Gasteiger partial charge is 0.0115 e. The Labute approximate surface area is 106 Å². The SMILES string of the molecule is CC(C)N(C)CCN1C2CCCC1CC(N)C2. The molecule has 0 aromatic rings. The van der Waals surface area contributed by atoms with E-state index in [2.05, 4.69) is 30.7 Å². The molecule has 100 valence electrons. The molecule has 2 saturated heterocycles. The Morgan fingerprint density at radius 3 is 2.35 bits per heavy atom. The summed E-state index contributed by atoms with van der Waals surface area (Å²) in [6.45, 7) is 6.97. The quantitative estimate of drug-likeness (QED) is 0.810. The van der Waals surface area contributed by atoms with Crippen LogP contribution in [0.2, 0.25) is 0 Å². The number of nitrogens with zero attached hydrogens (tertiary/aromatic N) is 2. The Morgan fingerprint density at radius 1 is 1.24 bits per heavy atom. The fourth-order valence-corrected chi connectivity index (χ4v) is 3.42. The van der Waals surface area contributed by atoms with Gasteiger partial charge in [0, 0.05) is 37.3 Å². The first-order valence-corrected chi connectivity index (χ1v) is 7.29. The first-order chi connectivity index (χ1) is 8.08. The van der Waals surface area contributed by atoms with Crippen LogP contribution in [0, 0.1) is 0 Å². The van der Waals surface area contributed by atoms with Crippen molar-refractivity contribution in [2.24, 2.45) is 5.73 Å². The fourth-order valence-electron chi connectivity index (χ4n) is 3.42. The number of likely N-dealkylation sites (N-methyl/N-ethyl adjacent to an activating group) is 1. The van der Waals surface area contributed by atoms with E-state index in [1.54, 1.807) is 0 Å². The molecule has 2 bridgehead atoms. The summed E-state index contributed by atoms with van der Waals surface area (Å²) in [6, 6.07) is 2.67. The van der Waals surface area contributed by atoms with Crippen LogP contribution < -0.4 is 5.73 Å². The van der Waals surface area contributed by atoms with Gasteiger partial charge in [0.05, 0.1) is 0 Å². The molecular formula is C14H29N3.